The monoisotopic (exact) mass is 442 g/mol. The molecule has 0 aromatic heterocycles. The molecule has 4 aromatic rings. The number of rotatable bonds is 8. The topological polar surface area (TPSA) is 6.48 Å². The number of hydrogen-bond acceptors (Lipinski definition) is 2. The van der Waals surface area contributed by atoms with Gasteiger partial charge in [-0.05, 0) is 72.7 Å². The molecule has 34 heavy (non-hydrogen) atoms. The molecule has 4 rings (SSSR count). The normalized spacial score (nSPS) is 11.4. The highest BCUT2D eigenvalue weighted by atomic mass is 15.1. The van der Waals surface area contributed by atoms with Crippen LogP contribution in [0.2, 0.25) is 0 Å². The van der Waals surface area contributed by atoms with Crippen LogP contribution in [-0.2, 0) is 0 Å². The molecule has 4 aromatic carbocycles. The van der Waals surface area contributed by atoms with Crippen LogP contribution in [0.3, 0.4) is 0 Å². The van der Waals surface area contributed by atoms with Gasteiger partial charge in [-0.1, -0.05) is 85.5 Å². The fraction of sp³-hybridized carbons (Fsp3) is 0.0625. The van der Waals surface area contributed by atoms with Gasteiger partial charge in [0.15, 0.2) is 0 Å². The number of para-hydroxylation sites is 2. The van der Waals surface area contributed by atoms with Gasteiger partial charge in [0, 0.05) is 35.5 Å². The van der Waals surface area contributed by atoms with E-state index in [1.807, 2.05) is 30.3 Å². The first-order chi connectivity index (χ1) is 16.6. The molecule has 2 nitrogen and oxygen atoms in total. The smallest absolute Gasteiger partial charge is 0.0459 e. The van der Waals surface area contributed by atoms with E-state index in [-0.39, 0.29) is 0 Å². The lowest BCUT2D eigenvalue weighted by atomic mass is 10.1. The Kier molecular flexibility index (Phi) is 7.42. The van der Waals surface area contributed by atoms with Crippen molar-refractivity contribution in [1.82, 2.24) is 0 Å². The van der Waals surface area contributed by atoms with Crippen LogP contribution in [0.25, 0.3) is 5.57 Å². The van der Waals surface area contributed by atoms with Crippen LogP contribution in [0.5, 0.6) is 0 Å². The molecule has 0 saturated carbocycles. The van der Waals surface area contributed by atoms with Gasteiger partial charge < -0.3 is 9.80 Å². The Morgan fingerprint density at radius 3 is 1.65 bits per heavy atom. The first kappa shape index (κ1) is 22.9. The molecule has 0 N–H and O–H groups in total. The molecule has 0 saturated heterocycles. The van der Waals surface area contributed by atoms with Crippen LogP contribution in [0.4, 0.5) is 22.7 Å². The molecule has 0 fully saturated rings. The molecule has 0 heterocycles. The Morgan fingerprint density at radius 2 is 1.06 bits per heavy atom. The Balaban J connectivity index is 1.60. The van der Waals surface area contributed by atoms with Crippen LogP contribution in [0.15, 0.2) is 146 Å². The van der Waals surface area contributed by atoms with Crippen LogP contribution < -0.4 is 9.80 Å². The minimum Gasteiger partial charge on any atom is -0.345 e. The van der Waals surface area contributed by atoms with Gasteiger partial charge in [0.05, 0.1) is 0 Å². The van der Waals surface area contributed by atoms with Crippen LogP contribution >= 0.6 is 0 Å². The van der Waals surface area contributed by atoms with Gasteiger partial charge in [-0.25, -0.2) is 0 Å². The first-order valence-electron chi connectivity index (χ1n) is 11.5. The van der Waals surface area contributed by atoms with Crippen LogP contribution in [0.1, 0.15) is 12.5 Å². The molecule has 0 bridgehead atoms. The summed E-state index contributed by atoms with van der Waals surface area (Å²) in [4.78, 5) is 4.46. The van der Waals surface area contributed by atoms with Crippen molar-refractivity contribution in [2.24, 2.45) is 0 Å². The maximum absolute atomic E-state index is 4.20. The van der Waals surface area contributed by atoms with Crippen molar-refractivity contribution in [2.45, 2.75) is 6.92 Å². The second-order valence-electron chi connectivity index (χ2n) is 8.14. The van der Waals surface area contributed by atoms with E-state index in [2.05, 4.69) is 134 Å². The summed E-state index contributed by atoms with van der Waals surface area (Å²) in [6.07, 6.45) is 6.25. The summed E-state index contributed by atoms with van der Waals surface area (Å²) < 4.78 is 0. The zero-order valence-electron chi connectivity index (χ0n) is 19.8. The molecule has 0 radical (unpaired) electrons. The van der Waals surface area contributed by atoms with Gasteiger partial charge in [-0.3, -0.25) is 0 Å². The summed E-state index contributed by atoms with van der Waals surface area (Å²) in [5.41, 5.74) is 7.77. The maximum atomic E-state index is 4.20. The van der Waals surface area contributed by atoms with Gasteiger partial charge in [0.1, 0.15) is 0 Å². The van der Waals surface area contributed by atoms with Crippen molar-refractivity contribution in [1.29, 1.82) is 0 Å². The molecule has 0 aliphatic heterocycles. The lowest BCUT2D eigenvalue weighted by Gasteiger charge is -2.27. The third-order valence-corrected chi connectivity index (χ3v) is 5.79. The molecule has 0 aliphatic carbocycles. The van der Waals surface area contributed by atoms with E-state index in [1.54, 1.807) is 0 Å². The summed E-state index contributed by atoms with van der Waals surface area (Å²) in [7, 11) is 2.09. The third kappa shape index (κ3) is 5.54. The molecule has 168 valence electrons. The standard InChI is InChI=1S/C32H30N2/c1-26(28-16-7-4-8-17-28)14-13-15-27(2)34(31-20-11-6-12-21-31)32-24-22-30(23-25-32)33(3)29-18-9-5-10-19-29/h4-25H,1H2,2-3H3/b14-13-,27-15+. The predicted molar refractivity (Wildman–Crippen MR) is 148 cm³/mol. The van der Waals surface area contributed by atoms with Crippen molar-refractivity contribution in [2.75, 3.05) is 16.8 Å². The van der Waals surface area contributed by atoms with Crippen molar-refractivity contribution < 1.29 is 0 Å². The average molecular weight is 443 g/mol. The number of hydrogen-bond donors (Lipinski definition) is 0. The Bertz CT molecular complexity index is 1260. The Hall–Kier alpha value is -4.30. The lowest BCUT2D eigenvalue weighted by Crippen LogP contribution is -2.15. The zero-order valence-corrected chi connectivity index (χ0v) is 19.8. The van der Waals surface area contributed by atoms with Crippen molar-refractivity contribution in [3.8, 4) is 0 Å². The van der Waals surface area contributed by atoms with Gasteiger partial charge in [0.25, 0.3) is 0 Å². The van der Waals surface area contributed by atoms with Crippen molar-refractivity contribution >= 4 is 28.3 Å². The molecule has 0 amide bonds. The molecule has 0 aliphatic rings. The van der Waals surface area contributed by atoms with E-state index in [4.69, 9.17) is 0 Å². The van der Waals surface area contributed by atoms with Gasteiger partial charge in [-0.15, -0.1) is 0 Å². The zero-order chi connectivity index (χ0) is 23.8. The number of nitrogens with zero attached hydrogens (tertiary/aromatic N) is 2. The molecular weight excluding hydrogens is 412 g/mol. The second kappa shape index (κ2) is 11.0. The van der Waals surface area contributed by atoms with Gasteiger partial charge in [0.2, 0.25) is 0 Å². The van der Waals surface area contributed by atoms with E-state index in [1.165, 1.54) is 0 Å². The summed E-state index contributed by atoms with van der Waals surface area (Å²) in [5, 5.41) is 0. The van der Waals surface area contributed by atoms with Crippen LogP contribution in [0, 0.1) is 0 Å². The maximum Gasteiger partial charge on any atom is 0.0459 e. The SMILES string of the molecule is C=C(/C=C\C=C(/C)N(c1ccccc1)c1ccc(N(C)c2ccccc2)cc1)c1ccccc1. The highest BCUT2D eigenvalue weighted by Crippen LogP contribution is 2.32. The minimum absolute atomic E-state index is 0.990. The number of anilines is 4. The molecule has 0 spiro atoms. The van der Waals surface area contributed by atoms with Gasteiger partial charge >= 0.3 is 0 Å². The van der Waals surface area contributed by atoms with E-state index in [0.717, 1.165) is 39.6 Å². The summed E-state index contributed by atoms with van der Waals surface area (Å²) >= 11 is 0. The fourth-order valence-corrected chi connectivity index (χ4v) is 3.89. The number of allylic oxidation sites excluding steroid dienone is 5. The summed E-state index contributed by atoms with van der Waals surface area (Å²) in [5.74, 6) is 0. The second-order valence-corrected chi connectivity index (χ2v) is 8.14. The summed E-state index contributed by atoms with van der Waals surface area (Å²) in [6.45, 7) is 6.33. The number of benzene rings is 4. The quantitative estimate of drug-likeness (QED) is 0.252. The van der Waals surface area contributed by atoms with E-state index in [0.29, 0.717) is 0 Å². The van der Waals surface area contributed by atoms with Gasteiger partial charge in [-0.2, -0.15) is 0 Å². The Morgan fingerprint density at radius 1 is 0.618 bits per heavy atom. The van der Waals surface area contributed by atoms with Crippen molar-refractivity contribution in [3.05, 3.63) is 151 Å². The van der Waals surface area contributed by atoms with E-state index >= 15 is 0 Å². The molecule has 2 heteroatoms. The van der Waals surface area contributed by atoms with Crippen molar-refractivity contribution in [3.63, 3.8) is 0 Å². The van der Waals surface area contributed by atoms with E-state index < -0.39 is 0 Å². The minimum atomic E-state index is 0.990. The van der Waals surface area contributed by atoms with E-state index in [9.17, 15) is 0 Å². The first-order valence-corrected chi connectivity index (χ1v) is 11.5. The highest BCUT2D eigenvalue weighted by molar-refractivity contribution is 5.74. The highest BCUT2D eigenvalue weighted by Gasteiger charge is 2.12. The fourth-order valence-electron chi connectivity index (χ4n) is 3.89. The third-order valence-electron chi connectivity index (χ3n) is 5.79. The molecular formula is C32H30N2. The largest absolute Gasteiger partial charge is 0.345 e. The molecule has 0 unspecified atom stereocenters. The predicted octanol–water partition coefficient (Wildman–Crippen LogP) is 8.77. The Labute approximate surface area is 203 Å². The average Bonchev–Trinajstić information content (AvgIpc) is 2.90. The van der Waals surface area contributed by atoms with Crippen LogP contribution in [-0.4, -0.2) is 7.05 Å². The lowest BCUT2D eigenvalue weighted by molar-refractivity contribution is 1.15. The molecule has 0 atom stereocenters. The summed E-state index contributed by atoms with van der Waals surface area (Å²) in [6, 6.07) is 39.8.